The lowest BCUT2D eigenvalue weighted by Crippen LogP contribution is -2.50. The van der Waals surface area contributed by atoms with Gasteiger partial charge in [-0.1, -0.05) is 6.07 Å². The minimum atomic E-state index is -0.479. The molecule has 1 saturated heterocycles. The predicted octanol–water partition coefficient (Wildman–Crippen LogP) is 1.23. The zero-order chi connectivity index (χ0) is 22.1. The molecular weight excluding hydrogens is 386 g/mol. The normalized spacial score (nSPS) is 16.9. The number of amides is 1. The highest BCUT2D eigenvalue weighted by Crippen LogP contribution is 2.30. The molecule has 1 aromatic rings. The Labute approximate surface area is 180 Å². The van der Waals surface area contributed by atoms with Crippen LogP contribution in [0.4, 0.5) is 0 Å². The van der Waals surface area contributed by atoms with Crippen molar-refractivity contribution >= 4 is 5.91 Å². The molecular formula is C22H37N3O5. The van der Waals surface area contributed by atoms with Gasteiger partial charge < -0.3 is 24.6 Å². The Morgan fingerprint density at radius 3 is 2.40 bits per heavy atom. The Bertz CT molecular complexity index is 669. The van der Waals surface area contributed by atoms with Crippen molar-refractivity contribution < 1.29 is 24.1 Å². The minimum Gasteiger partial charge on any atom is -0.493 e. The molecule has 0 unspecified atom stereocenters. The molecule has 8 heteroatoms. The maximum atomic E-state index is 12.5. The van der Waals surface area contributed by atoms with E-state index in [0.29, 0.717) is 36.8 Å². The third-order valence-corrected chi connectivity index (χ3v) is 5.00. The van der Waals surface area contributed by atoms with E-state index < -0.39 is 6.10 Å². The summed E-state index contributed by atoms with van der Waals surface area (Å²) in [6, 6.07) is 5.27. The van der Waals surface area contributed by atoms with E-state index in [1.165, 1.54) is 7.11 Å². The van der Waals surface area contributed by atoms with E-state index in [-0.39, 0.29) is 11.5 Å². The van der Waals surface area contributed by atoms with Crippen LogP contribution >= 0.6 is 0 Å². The second kappa shape index (κ2) is 11.5. The number of β-amino-alcohol motifs (C(OH)–C–C–N with tert-alkyl or cyclic N) is 1. The third kappa shape index (κ3) is 7.75. The molecule has 1 atom stereocenters. The van der Waals surface area contributed by atoms with Crippen LogP contribution in [0.2, 0.25) is 0 Å². The van der Waals surface area contributed by atoms with Crippen molar-refractivity contribution in [3.8, 4) is 11.5 Å². The number of hydrogen-bond donors (Lipinski definition) is 2. The lowest BCUT2D eigenvalue weighted by molar-refractivity contribution is -0.0585. The summed E-state index contributed by atoms with van der Waals surface area (Å²) in [4.78, 5) is 17.1. The summed E-state index contributed by atoms with van der Waals surface area (Å²) in [6.07, 6.45) is -0.479. The van der Waals surface area contributed by atoms with Gasteiger partial charge in [0.25, 0.3) is 5.91 Å². The molecule has 0 bridgehead atoms. The van der Waals surface area contributed by atoms with Crippen molar-refractivity contribution in [2.75, 3.05) is 66.6 Å². The fourth-order valence-corrected chi connectivity index (χ4v) is 3.38. The fourth-order valence-electron chi connectivity index (χ4n) is 3.38. The molecule has 1 heterocycles. The number of benzene rings is 1. The Morgan fingerprint density at radius 1 is 1.13 bits per heavy atom. The number of piperazine rings is 1. The van der Waals surface area contributed by atoms with Gasteiger partial charge in [-0.25, -0.2) is 0 Å². The second-order valence-electron chi connectivity index (χ2n) is 8.52. The first kappa shape index (κ1) is 24.4. The zero-order valence-corrected chi connectivity index (χ0v) is 18.9. The predicted molar refractivity (Wildman–Crippen MR) is 116 cm³/mol. The quantitative estimate of drug-likeness (QED) is 0.586. The van der Waals surface area contributed by atoms with E-state index in [1.807, 2.05) is 20.8 Å². The molecule has 0 aliphatic carbocycles. The summed E-state index contributed by atoms with van der Waals surface area (Å²) in [6.45, 7) is 11.9. The molecule has 0 spiro atoms. The Hall–Kier alpha value is -1.87. The number of carbonyl (C=O) groups excluding carboxylic acids is 1. The van der Waals surface area contributed by atoms with E-state index >= 15 is 0 Å². The molecule has 1 fully saturated rings. The molecule has 8 nitrogen and oxygen atoms in total. The monoisotopic (exact) mass is 423 g/mol. The summed E-state index contributed by atoms with van der Waals surface area (Å²) in [5.41, 5.74) is 0.229. The summed E-state index contributed by atoms with van der Waals surface area (Å²) in [7, 11) is 3.08. The molecule has 170 valence electrons. The van der Waals surface area contributed by atoms with E-state index in [9.17, 15) is 9.90 Å². The van der Waals surface area contributed by atoms with E-state index in [0.717, 1.165) is 32.7 Å². The number of aliphatic hydroxyl groups is 1. The van der Waals surface area contributed by atoms with Crippen LogP contribution in [-0.4, -0.2) is 99.2 Å². The average Bonchev–Trinajstić information content (AvgIpc) is 2.72. The van der Waals surface area contributed by atoms with E-state index in [2.05, 4.69) is 15.1 Å². The maximum absolute atomic E-state index is 12.5. The maximum Gasteiger partial charge on any atom is 0.255 e. The molecule has 0 saturated carbocycles. The standard InChI is InChI=1S/C22H37N3O5/c1-22(2,3)30-16-17(26)15-25-13-11-24(12-14-25)10-9-23-21(27)18-7-6-8-19(28-4)20(18)29-5/h6-8,17,26H,9-16H2,1-5H3,(H,23,27)/t17-/m0/s1. The number of nitrogens with zero attached hydrogens (tertiary/aromatic N) is 2. The molecule has 1 aromatic carbocycles. The molecule has 1 aliphatic heterocycles. The molecule has 30 heavy (non-hydrogen) atoms. The van der Waals surface area contributed by atoms with Crippen LogP contribution in [0.25, 0.3) is 0 Å². The van der Waals surface area contributed by atoms with Gasteiger partial charge >= 0.3 is 0 Å². The number of nitrogens with one attached hydrogen (secondary N) is 1. The van der Waals surface area contributed by atoms with Crippen molar-refractivity contribution in [1.82, 2.24) is 15.1 Å². The number of ether oxygens (including phenoxy) is 3. The van der Waals surface area contributed by atoms with Crippen molar-refractivity contribution in [3.05, 3.63) is 23.8 Å². The van der Waals surface area contributed by atoms with E-state index in [1.54, 1.807) is 25.3 Å². The number of hydrogen-bond acceptors (Lipinski definition) is 7. The smallest absolute Gasteiger partial charge is 0.255 e. The number of methoxy groups -OCH3 is 2. The number of aliphatic hydroxyl groups excluding tert-OH is 1. The van der Waals surface area contributed by atoms with Crippen LogP contribution < -0.4 is 14.8 Å². The number of para-hydroxylation sites is 1. The number of rotatable bonds is 10. The molecule has 1 aliphatic rings. The number of carbonyl (C=O) groups is 1. The van der Waals surface area contributed by atoms with Gasteiger partial charge in [0.15, 0.2) is 11.5 Å². The van der Waals surface area contributed by atoms with Crippen molar-refractivity contribution in [2.45, 2.75) is 32.5 Å². The lowest BCUT2D eigenvalue weighted by Gasteiger charge is -2.35. The third-order valence-electron chi connectivity index (χ3n) is 5.00. The highest BCUT2D eigenvalue weighted by Gasteiger charge is 2.21. The molecule has 2 N–H and O–H groups in total. The minimum absolute atomic E-state index is 0.175. The molecule has 2 rings (SSSR count). The van der Waals surface area contributed by atoms with Crippen LogP contribution in [0.15, 0.2) is 18.2 Å². The molecule has 0 radical (unpaired) electrons. The van der Waals surface area contributed by atoms with Crippen molar-refractivity contribution in [2.24, 2.45) is 0 Å². The molecule has 1 amide bonds. The average molecular weight is 424 g/mol. The summed E-state index contributed by atoms with van der Waals surface area (Å²) in [5.74, 6) is 0.808. The van der Waals surface area contributed by atoms with Gasteiger partial charge in [-0.2, -0.15) is 0 Å². The summed E-state index contributed by atoms with van der Waals surface area (Å²) >= 11 is 0. The fraction of sp³-hybridized carbons (Fsp3) is 0.682. The first-order valence-electron chi connectivity index (χ1n) is 10.5. The second-order valence-corrected chi connectivity index (χ2v) is 8.52. The van der Waals surface area contributed by atoms with Crippen molar-refractivity contribution in [3.63, 3.8) is 0 Å². The topological polar surface area (TPSA) is 83.5 Å². The first-order valence-corrected chi connectivity index (χ1v) is 10.5. The van der Waals surface area contributed by atoms with Crippen LogP contribution in [0.3, 0.4) is 0 Å². The van der Waals surface area contributed by atoms with E-state index in [4.69, 9.17) is 14.2 Å². The summed E-state index contributed by atoms with van der Waals surface area (Å²) in [5, 5.41) is 13.1. The van der Waals surface area contributed by atoms with Crippen LogP contribution in [0.5, 0.6) is 11.5 Å². The van der Waals surface area contributed by atoms with Gasteiger partial charge in [-0.15, -0.1) is 0 Å². The van der Waals surface area contributed by atoms with Gasteiger partial charge in [-0.3, -0.25) is 14.6 Å². The van der Waals surface area contributed by atoms with Crippen LogP contribution in [0, 0.1) is 0 Å². The summed E-state index contributed by atoms with van der Waals surface area (Å²) < 4.78 is 16.2. The largest absolute Gasteiger partial charge is 0.493 e. The van der Waals surface area contributed by atoms with Gasteiger partial charge in [0.05, 0.1) is 38.1 Å². The SMILES string of the molecule is COc1cccc(C(=O)NCCN2CCN(C[C@H](O)COC(C)(C)C)CC2)c1OC. The van der Waals surface area contributed by atoms with Gasteiger partial charge in [-0.05, 0) is 32.9 Å². The lowest BCUT2D eigenvalue weighted by atomic mass is 10.1. The first-order chi connectivity index (χ1) is 14.2. The zero-order valence-electron chi connectivity index (χ0n) is 18.9. The Kier molecular flexibility index (Phi) is 9.36. The van der Waals surface area contributed by atoms with Gasteiger partial charge in [0.1, 0.15) is 0 Å². The van der Waals surface area contributed by atoms with Crippen molar-refractivity contribution in [1.29, 1.82) is 0 Å². The van der Waals surface area contributed by atoms with Crippen LogP contribution in [-0.2, 0) is 4.74 Å². The van der Waals surface area contributed by atoms with Crippen LogP contribution in [0.1, 0.15) is 31.1 Å². The highest BCUT2D eigenvalue weighted by atomic mass is 16.5. The molecule has 0 aromatic heterocycles. The Balaban J connectivity index is 1.70. The van der Waals surface area contributed by atoms with Gasteiger partial charge in [0.2, 0.25) is 0 Å². The van der Waals surface area contributed by atoms with Gasteiger partial charge in [0, 0.05) is 45.8 Å². The Morgan fingerprint density at radius 2 is 1.80 bits per heavy atom. The highest BCUT2D eigenvalue weighted by molar-refractivity contribution is 5.97.